The average Bonchev–Trinajstić information content (AvgIpc) is 3.57. The van der Waals surface area contributed by atoms with Crippen LogP contribution in [0.2, 0.25) is 0 Å². The molecule has 0 N–H and O–H groups in total. The zero-order chi connectivity index (χ0) is 24.0. The van der Waals surface area contributed by atoms with Crippen molar-refractivity contribution in [1.29, 1.82) is 0 Å². The first kappa shape index (κ1) is 20.3. The van der Waals surface area contributed by atoms with Crippen molar-refractivity contribution in [2.75, 3.05) is 0 Å². The number of benzene rings is 4. The van der Waals surface area contributed by atoms with Gasteiger partial charge in [-0.3, -0.25) is 0 Å². The number of nitrogens with zero attached hydrogens (tertiary/aromatic N) is 2. The maximum atomic E-state index is 2.59. The number of fused-ring (bicyclic) bond motifs is 5. The molecular formula is C34H29N2+. The van der Waals surface area contributed by atoms with Gasteiger partial charge in [-0.05, 0) is 65.5 Å². The third kappa shape index (κ3) is 2.59. The number of aromatic nitrogens is 2. The van der Waals surface area contributed by atoms with E-state index in [1.807, 2.05) is 0 Å². The lowest BCUT2D eigenvalue weighted by Gasteiger charge is -2.16. The molecule has 3 heterocycles. The van der Waals surface area contributed by atoms with E-state index in [0.29, 0.717) is 5.92 Å². The molecule has 0 saturated heterocycles. The summed E-state index contributed by atoms with van der Waals surface area (Å²) in [5.41, 5.74) is 10.8. The Kier molecular flexibility index (Phi) is 4.12. The van der Waals surface area contributed by atoms with Crippen LogP contribution in [0, 0.1) is 6.92 Å². The van der Waals surface area contributed by atoms with Gasteiger partial charge in [0.05, 0.1) is 27.3 Å². The van der Waals surface area contributed by atoms with Crippen molar-refractivity contribution in [3.8, 4) is 11.1 Å². The van der Waals surface area contributed by atoms with Gasteiger partial charge in [-0.2, -0.15) is 0 Å². The molecule has 2 heteroatoms. The first-order valence-corrected chi connectivity index (χ1v) is 13.3. The van der Waals surface area contributed by atoms with Crippen molar-refractivity contribution in [2.24, 2.45) is 7.05 Å². The molecule has 0 atom stereocenters. The van der Waals surface area contributed by atoms with Gasteiger partial charge in [-0.25, -0.2) is 4.57 Å². The van der Waals surface area contributed by atoms with Gasteiger partial charge in [0.25, 0.3) is 0 Å². The lowest BCUT2D eigenvalue weighted by molar-refractivity contribution is -0.643. The zero-order valence-corrected chi connectivity index (χ0v) is 20.9. The summed E-state index contributed by atoms with van der Waals surface area (Å²) in [6.45, 7) is 2.27. The summed E-state index contributed by atoms with van der Waals surface area (Å²) in [6, 6.07) is 29.7. The highest BCUT2D eigenvalue weighted by Crippen LogP contribution is 2.45. The summed E-state index contributed by atoms with van der Waals surface area (Å²) >= 11 is 0. The fourth-order valence-corrected chi connectivity index (χ4v) is 7.14. The largest absolute Gasteiger partial charge is 0.307 e. The maximum Gasteiger partial charge on any atom is 0.224 e. The molecule has 1 saturated carbocycles. The Morgan fingerprint density at radius 2 is 1.61 bits per heavy atom. The predicted molar refractivity (Wildman–Crippen MR) is 151 cm³/mol. The molecule has 0 unspecified atom stereocenters. The van der Waals surface area contributed by atoms with Crippen LogP contribution in [0.1, 0.15) is 42.7 Å². The van der Waals surface area contributed by atoms with E-state index in [1.54, 1.807) is 0 Å². The molecule has 8 rings (SSSR count). The number of rotatable bonds is 2. The lowest BCUT2D eigenvalue weighted by Crippen LogP contribution is -2.29. The molecule has 0 amide bonds. The highest BCUT2D eigenvalue weighted by atomic mass is 15.0. The van der Waals surface area contributed by atoms with Crippen molar-refractivity contribution >= 4 is 49.0 Å². The summed E-state index contributed by atoms with van der Waals surface area (Å²) in [7, 11) is 2.20. The Hall–Kier alpha value is -3.91. The zero-order valence-electron chi connectivity index (χ0n) is 20.9. The molecule has 0 aliphatic heterocycles. The fraction of sp³-hybridized carbons (Fsp3) is 0.206. The number of hydrogen-bond acceptors (Lipinski definition) is 0. The molecule has 1 fully saturated rings. The second-order valence-corrected chi connectivity index (χ2v) is 10.8. The Morgan fingerprint density at radius 3 is 2.44 bits per heavy atom. The summed E-state index contributed by atoms with van der Waals surface area (Å²) in [5, 5.41) is 6.82. The van der Waals surface area contributed by atoms with Crippen LogP contribution in [-0.4, -0.2) is 4.40 Å². The fourth-order valence-electron chi connectivity index (χ4n) is 7.14. The van der Waals surface area contributed by atoms with E-state index >= 15 is 0 Å². The van der Waals surface area contributed by atoms with Crippen molar-refractivity contribution in [2.45, 2.75) is 38.5 Å². The van der Waals surface area contributed by atoms with E-state index in [2.05, 4.69) is 108 Å². The number of pyridine rings is 2. The van der Waals surface area contributed by atoms with Gasteiger partial charge in [0, 0.05) is 16.8 Å². The van der Waals surface area contributed by atoms with Gasteiger partial charge in [0.15, 0.2) is 6.20 Å². The molecular weight excluding hydrogens is 436 g/mol. The smallest absolute Gasteiger partial charge is 0.224 e. The highest BCUT2D eigenvalue weighted by Gasteiger charge is 2.26. The van der Waals surface area contributed by atoms with Crippen LogP contribution >= 0.6 is 0 Å². The van der Waals surface area contributed by atoms with Gasteiger partial charge in [0.2, 0.25) is 5.52 Å². The van der Waals surface area contributed by atoms with E-state index in [0.717, 1.165) is 0 Å². The summed E-state index contributed by atoms with van der Waals surface area (Å²) < 4.78 is 4.93. The third-order valence-electron chi connectivity index (χ3n) is 8.79. The van der Waals surface area contributed by atoms with Crippen LogP contribution < -0.4 is 4.57 Å². The maximum absolute atomic E-state index is 2.59. The minimum atomic E-state index is 0.680. The second kappa shape index (κ2) is 7.30. The van der Waals surface area contributed by atoms with E-state index in [9.17, 15) is 0 Å². The molecule has 1 aliphatic rings. The first-order valence-electron chi connectivity index (χ1n) is 13.3. The number of hydrogen-bond donors (Lipinski definition) is 0. The molecule has 7 aromatic rings. The van der Waals surface area contributed by atoms with E-state index in [1.165, 1.54) is 96.9 Å². The molecule has 0 bridgehead atoms. The first-order chi connectivity index (χ1) is 17.7. The highest BCUT2D eigenvalue weighted by molar-refractivity contribution is 6.27. The van der Waals surface area contributed by atoms with Crippen LogP contribution in [-0.2, 0) is 7.05 Å². The van der Waals surface area contributed by atoms with E-state index in [-0.39, 0.29) is 0 Å². The molecule has 4 aromatic carbocycles. The monoisotopic (exact) mass is 465 g/mol. The molecule has 1 aliphatic carbocycles. The van der Waals surface area contributed by atoms with Gasteiger partial charge in [-0.15, -0.1) is 0 Å². The lowest BCUT2D eigenvalue weighted by atomic mass is 9.92. The van der Waals surface area contributed by atoms with Crippen LogP contribution in [0.5, 0.6) is 0 Å². The Morgan fingerprint density at radius 1 is 0.778 bits per heavy atom. The summed E-state index contributed by atoms with van der Waals surface area (Å²) in [4.78, 5) is 0. The molecule has 3 aromatic heterocycles. The molecule has 0 radical (unpaired) electrons. The van der Waals surface area contributed by atoms with Gasteiger partial charge in [-0.1, -0.05) is 73.5 Å². The van der Waals surface area contributed by atoms with E-state index in [4.69, 9.17) is 0 Å². The van der Waals surface area contributed by atoms with Crippen molar-refractivity contribution in [3.63, 3.8) is 0 Å². The average molecular weight is 466 g/mol. The van der Waals surface area contributed by atoms with Crippen LogP contribution in [0.3, 0.4) is 0 Å². The quantitative estimate of drug-likeness (QED) is 0.137. The third-order valence-corrected chi connectivity index (χ3v) is 8.79. The van der Waals surface area contributed by atoms with Crippen molar-refractivity contribution < 1.29 is 4.57 Å². The van der Waals surface area contributed by atoms with E-state index < -0.39 is 0 Å². The SMILES string of the molecule is Cc1ccc2c3c(-c4ccccc4)cccc3n3c4cc(C5CCCC5)cc5cc[n+](C)c(c1c23)c54. The minimum absolute atomic E-state index is 0.680. The van der Waals surface area contributed by atoms with Crippen LogP contribution in [0.4, 0.5) is 0 Å². The predicted octanol–water partition coefficient (Wildman–Crippen LogP) is 8.45. The van der Waals surface area contributed by atoms with Crippen LogP contribution in [0.25, 0.3) is 60.1 Å². The normalized spacial score (nSPS) is 14.9. The summed E-state index contributed by atoms with van der Waals surface area (Å²) in [5.74, 6) is 0.680. The standard InChI is InChI=1S/C34H29N2/c1-21-15-16-27-32-26(23-11-4-3-5-12-23)13-8-14-28(32)36-29-20-25(22-9-6-7-10-22)19-24-17-18-35(2)34(31(24)29)30(21)33(27)36/h3-5,8,11-20,22H,6-7,9-10H2,1-2H3/q+1. The Labute approximate surface area is 210 Å². The summed E-state index contributed by atoms with van der Waals surface area (Å²) in [6.07, 6.45) is 7.59. The molecule has 36 heavy (non-hydrogen) atoms. The second-order valence-electron chi connectivity index (χ2n) is 10.8. The molecule has 2 nitrogen and oxygen atoms in total. The van der Waals surface area contributed by atoms with Crippen molar-refractivity contribution in [1.82, 2.24) is 4.40 Å². The van der Waals surface area contributed by atoms with Gasteiger partial charge in [0.1, 0.15) is 7.05 Å². The Bertz CT molecular complexity index is 1950. The molecule has 0 spiro atoms. The van der Waals surface area contributed by atoms with Gasteiger partial charge >= 0.3 is 0 Å². The van der Waals surface area contributed by atoms with Crippen LogP contribution in [0.15, 0.2) is 85.1 Å². The number of aryl methyl sites for hydroxylation is 2. The van der Waals surface area contributed by atoms with Crippen molar-refractivity contribution in [3.05, 3.63) is 96.2 Å². The Balaban J connectivity index is 1.66. The van der Waals surface area contributed by atoms with Gasteiger partial charge < -0.3 is 4.40 Å². The minimum Gasteiger partial charge on any atom is -0.307 e. The topological polar surface area (TPSA) is 8.29 Å². The molecule has 174 valence electrons.